The van der Waals surface area contributed by atoms with E-state index in [-0.39, 0.29) is 5.78 Å². The maximum atomic E-state index is 11.5. The molecule has 0 heterocycles. The Morgan fingerprint density at radius 3 is 2.94 bits per heavy atom. The molecule has 0 spiro atoms. The van der Waals surface area contributed by atoms with Crippen LogP contribution in [0.15, 0.2) is 30.3 Å². The Labute approximate surface area is 97.4 Å². The van der Waals surface area contributed by atoms with Gasteiger partial charge in [0.15, 0.2) is 5.78 Å². The van der Waals surface area contributed by atoms with E-state index >= 15 is 0 Å². The molecule has 0 saturated heterocycles. The number of benzene rings is 1. The van der Waals surface area contributed by atoms with Gasteiger partial charge in [-0.1, -0.05) is 37.3 Å². The third-order valence-electron chi connectivity index (χ3n) is 2.40. The fourth-order valence-electron chi connectivity index (χ4n) is 1.47. The third kappa shape index (κ3) is 3.99. The monoisotopic (exact) mass is 217 g/mol. The van der Waals surface area contributed by atoms with Crippen LogP contribution in [0.4, 0.5) is 0 Å². The number of nitrogens with one attached hydrogen (secondary N) is 1. The number of hydrogen-bond acceptors (Lipinski definition) is 2. The Hall–Kier alpha value is -1.41. The van der Waals surface area contributed by atoms with Gasteiger partial charge in [-0.05, 0) is 31.6 Å². The highest BCUT2D eigenvalue weighted by atomic mass is 16.1. The van der Waals surface area contributed by atoms with Crippen molar-refractivity contribution in [3.8, 4) is 0 Å². The maximum Gasteiger partial charge on any atom is 0.162 e. The molecule has 86 valence electrons. The van der Waals surface area contributed by atoms with E-state index in [1.807, 2.05) is 38.2 Å². The fraction of sp³-hybridized carbons (Fsp3) is 0.357. The van der Waals surface area contributed by atoms with E-state index in [9.17, 15) is 4.79 Å². The molecule has 16 heavy (non-hydrogen) atoms. The van der Waals surface area contributed by atoms with Crippen molar-refractivity contribution in [1.29, 1.82) is 0 Å². The van der Waals surface area contributed by atoms with Crippen LogP contribution in [0.3, 0.4) is 0 Å². The molecule has 0 aliphatic carbocycles. The van der Waals surface area contributed by atoms with Crippen molar-refractivity contribution >= 4 is 11.9 Å². The van der Waals surface area contributed by atoms with E-state index in [0.717, 1.165) is 24.1 Å². The molecule has 1 aromatic carbocycles. The smallest absolute Gasteiger partial charge is 0.162 e. The largest absolute Gasteiger partial charge is 0.319 e. The SMILES string of the molecule is CCC(=O)c1cccc(C=CCCNC)c1. The molecule has 0 radical (unpaired) electrons. The van der Waals surface area contributed by atoms with E-state index in [0.29, 0.717) is 6.42 Å². The van der Waals surface area contributed by atoms with Crippen LogP contribution in [0, 0.1) is 0 Å². The minimum atomic E-state index is 0.200. The quantitative estimate of drug-likeness (QED) is 0.586. The molecule has 0 aromatic heterocycles. The third-order valence-corrected chi connectivity index (χ3v) is 2.40. The number of ketones is 1. The van der Waals surface area contributed by atoms with Crippen molar-refractivity contribution in [2.24, 2.45) is 0 Å². The first-order chi connectivity index (χ1) is 7.77. The lowest BCUT2D eigenvalue weighted by Crippen LogP contribution is -2.05. The molecular formula is C14H19NO. The molecule has 0 fully saturated rings. The molecule has 2 nitrogen and oxygen atoms in total. The summed E-state index contributed by atoms with van der Waals surface area (Å²) < 4.78 is 0. The first kappa shape index (κ1) is 12.7. The van der Waals surface area contributed by atoms with Gasteiger partial charge >= 0.3 is 0 Å². The van der Waals surface area contributed by atoms with Crippen LogP contribution >= 0.6 is 0 Å². The summed E-state index contributed by atoms with van der Waals surface area (Å²) in [5.41, 5.74) is 1.90. The zero-order valence-electron chi connectivity index (χ0n) is 9.99. The second kappa shape index (κ2) is 6.96. The fourth-order valence-corrected chi connectivity index (χ4v) is 1.47. The summed E-state index contributed by atoms with van der Waals surface area (Å²) in [6.07, 6.45) is 5.74. The van der Waals surface area contributed by atoms with Crippen LogP contribution in [0.25, 0.3) is 6.08 Å². The Bertz CT molecular complexity index is 369. The van der Waals surface area contributed by atoms with Gasteiger partial charge in [0.1, 0.15) is 0 Å². The molecule has 2 heteroatoms. The van der Waals surface area contributed by atoms with Crippen molar-refractivity contribution in [3.63, 3.8) is 0 Å². The van der Waals surface area contributed by atoms with Gasteiger partial charge in [0.25, 0.3) is 0 Å². The zero-order chi connectivity index (χ0) is 11.8. The molecule has 1 rings (SSSR count). The molecule has 0 bridgehead atoms. The van der Waals surface area contributed by atoms with Crippen LogP contribution in [0.1, 0.15) is 35.7 Å². The van der Waals surface area contributed by atoms with Crippen molar-refractivity contribution < 1.29 is 4.79 Å². The van der Waals surface area contributed by atoms with Gasteiger partial charge in [0, 0.05) is 12.0 Å². The minimum Gasteiger partial charge on any atom is -0.319 e. The first-order valence-electron chi connectivity index (χ1n) is 5.72. The maximum absolute atomic E-state index is 11.5. The number of carbonyl (C=O) groups excluding carboxylic acids is 1. The predicted octanol–water partition coefficient (Wildman–Crippen LogP) is 2.90. The standard InChI is InChI=1S/C14H19NO/c1-3-14(16)13-9-6-8-12(11-13)7-4-5-10-15-2/h4,6-9,11,15H,3,5,10H2,1-2H3. The highest BCUT2D eigenvalue weighted by Crippen LogP contribution is 2.09. The van der Waals surface area contributed by atoms with Gasteiger partial charge in [-0.15, -0.1) is 0 Å². The second-order valence-corrected chi connectivity index (χ2v) is 3.70. The topological polar surface area (TPSA) is 29.1 Å². The lowest BCUT2D eigenvalue weighted by molar-refractivity contribution is 0.0988. The van der Waals surface area contributed by atoms with Crippen LogP contribution in [-0.4, -0.2) is 19.4 Å². The van der Waals surface area contributed by atoms with Crippen LogP contribution in [-0.2, 0) is 0 Å². The van der Waals surface area contributed by atoms with Crippen LogP contribution in [0.2, 0.25) is 0 Å². The Morgan fingerprint density at radius 2 is 2.25 bits per heavy atom. The normalized spacial score (nSPS) is 10.9. The summed E-state index contributed by atoms with van der Waals surface area (Å²) in [6, 6.07) is 7.77. The lowest BCUT2D eigenvalue weighted by atomic mass is 10.1. The predicted molar refractivity (Wildman–Crippen MR) is 68.6 cm³/mol. The summed E-state index contributed by atoms with van der Waals surface area (Å²) in [4.78, 5) is 11.5. The summed E-state index contributed by atoms with van der Waals surface area (Å²) in [6.45, 7) is 2.86. The zero-order valence-corrected chi connectivity index (χ0v) is 9.99. The number of rotatable bonds is 6. The van der Waals surface area contributed by atoms with Crippen LogP contribution < -0.4 is 5.32 Å². The van der Waals surface area contributed by atoms with Gasteiger partial charge in [-0.2, -0.15) is 0 Å². The molecule has 0 aliphatic heterocycles. The van der Waals surface area contributed by atoms with Crippen molar-refractivity contribution in [3.05, 3.63) is 41.5 Å². The highest BCUT2D eigenvalue weighted by Gasteiger charge is 2.01. The lowest BCUT2D eigenvalue weighted by Gasteiger charge is -1.99. The van der Waals surface area contributed by atoms with E-state index < -0.39 is 0 Å². The molecule has 0 aliphatic rings. The second-order valence-electron chi connectivity index (χ2n) is 3.70. The molecule has 1 N–H and O–H groups in total. The first-order valence-corrected chi connectivity index (χ1v) is 5.72. The molecule has 0 unspecified atom stereocenters. The molecule has 0 amide bonds. The van der Waals surface area contributed by atoms with Crippen molar-refractivity contribution in [2.75, 3.05) is 13.6 Å². The van der Waals surface area contributed by atoms with Gasteiger partial charge in [0.2, 0.25) is 0 Å². The van der Waals surface area contributed by atoms with Crippen molar-refractivity contribution in [1.82, 2.24) is 5.32 Å². The van der Waals surface area contributed by atoms with Gasteiger partial charge in [-0.3, -0.25) is 4.79 Å². The van der Waals surface area contributed by atoms with E-state index in [2.05, 4.69) is 17.5 Å². The van der Waals surface area contributed by atoms with E-state index in [1.54, 1.807) is 0 Å². The van der Waals surface area contributed by atoms with Crippen molar-refractivity contribution in [2.45, 2.75) is 19.8 Å². The van der Waals surface area contributed by atoms with E-state index in [4.69, 9.17) is 0 Å². The van der Waals surface area contributed by atoms with Crippen LogP contribution in [0.5, 0.6) is 0 Å². The summed E-state index contributed by atoms with van der Waals surface area (Å²) >= 11 is 0. The summed E-state index contributed by atoms with van der Waals surface area (Å²) in [5, 5.41) is 3.09. The van der Waals surface area contributed by atoms with Gasteiger partial charge in [-0.25, -0.2) is 0 Å². The number of hydrogen-bond donors (Lipinski definition) is 1. The molecule has 1 aromatic rings. The Balaban J connectivity index is 2.67. The molecular weight excluding hydrogens is 198 g/mol. The van der Waals surface area contributed by atoms with Gasteiger partial charge < -0.3 is 5.32 Å². The van der Waals surface area contributed by atoms with Gasteiger partial charge in [0.05, 0.1) is 0 Å². The Kier molecular flexibility index (Phi) is 5.51. The van der Waals surface area contributed by atoms with E-state index in [1.165, 1.54) is 0 Å². The molecule has 0 atom stereocenters. The summed E-state index contributed by atoms with van der Waals surface area (Å²) in [7, 11) is 1.94. The Morgan fingerprint density at radius 1 is 1.44 bits per heavy atom. The number of carbonyl (C=O) groups is 1. The minimum absolute atomic E-state index is 0.200. The average molecular weight is 217 g/mol. The average Bonchev–Trinajstić information content (AvgIpc) is 2.34. The molecule has 0 saturated carbocycles. The number of Topliss-reactive ketones (excluding diaryl/α,β-unsaturated/α-hetero) is 1. The summed E-state index contributed by atoms with van der Waals surface area (Å²) in [5.74, 6) is 0.200. The highest BCUT2D eigenvalue weighted by molar-refractivity contribution is 5.96.